The van der Waals surface area contributed by atoms with E-state index in [4.69, 9.17) is 0 Å². The number of benzene rings is 2. The fraction of sp³-hybridized carbons (Fsp3) is 0.200. The van der Waals surface area contributed by atoms with Crippen molar-refractivity contribution in [1.82, 2.24) is 0 Å². The van der Waals surface area contributed by atoms with E-state index in [2.05, 4.69) is 5.32 Å². The molecule has 0 spiro atoms. The highest BCUT2D eigenvalue weighted by Gasteiger charge is 2.27. The van der Waals surface area contributed by atoms with Crippen LogP contribution in [0, 0.1) is 21.7 Å². The maximum absolute atomic E-state index is 13.3. The molecule has 2 aromatic carbocycles. The molecule has 1 atom stereocenters. The predicted octanol–water partition coefficient (Wildman–Crippen LogP) is 3.45. The van der Waals surface area contributed by atoms with E-state index in [-0.39, 0.29) is 5.69 Å². The highest BCUT2D eigenvalue weighted by Crippen LogP contribution is 2.34. The summed E-state index contributed by atoms with van der Waals surface area (Å²) < 4.78 is 49.8. The van der Waals surface area contributed by atoms with E-state index in [0.29, 0.717) is 5.56 Å². The number of hydrogen-bond donors (Lipinski definition) is 1. The van der Waals surface area contributed by atoms with Crippen molar-refractivity contribution in [3.63, 3.8) is 0 Å². The standard InChI is InChI=1S/C15H14F2N2O4S/c1-9(10-6-7-11(16)12(17)8-10)18-13-4-3-5-14(24(2,22)23)15(13)19(20)21/h3-9,18H,1-2H3. The predicted molar refractivity (Wildman–Crippen MR) is 84.6 cm³/mol. The van der Waals surface area contributed by atoms with Crippen molar-refractivity contribution in [2.75, 3.05) is 11.6 Å². The van der Waals surface area contributed by atoms with Crippen molar-refractivity contribution in [2.45, 2.75) is 17.9 Å². The van der Waals surface area contributed by atoms with E-state index in [1.54, 1.807) is 6.92 Å². The van der Waals surface area contributed by atoms with Crippen LogP contribution in [0.5, 0.6) is 0 Å². The molecule has 2 aromatic rings. The Balaban J connectivity index is 2.45. The van der Waals surface area contributed by atoms with Crippen LogP contribution in [0.4, 0.5) is 20.2 Å². The van der Waals surface area contributed by atoms with Crippen LogP contribution in [0.15, 0.2) is 41.3 Å². The van der Waals surface area contributed by atoms with E-state index in [0.717, 1.165) is 24.5 Å². The van der Waals surface area contributed by atoms with E-state index in [9.17, 15) is 27.3 Å². The van der Waals surface area contributed by atoms with Gasteiger partial charge in [-0.1, -0.05) is 12.1 Å². The molecule has 0 bridgehead atoms. The number of halogens is 2. The van der Waals surface area contributed by atoms with Gasteiger partial charge in [-0.05, 0) is 36.8 Å². The third-order valence-electron chi connectivity index (χ3n) is 3.40. The summed E-state index contributed by atoms with van der Waals surface area (Å²) in [5.41, 5.74) is -0.262. The van der Waals surface area contributed by atoms with Crippen LogP contribution >= 0.6 is 0 Å². The Morgan fingerprint density at radius 3 is 2.38 bits per heavy atom. The zero-order chi connectivity index (χ0) is 18.1. The van der Waals surface area contributed by atoms with Gasteiger partial charge in [0.1, 0.15) is 10.6 Å². The van der Waals surface area contributed by atoms with Gasteiger partial charge in [0.25, 0.3) is 0 Å². The molecule has 0 saturated carbocycles. The van der Waals surface area contributed by atoms with Crippen molar-refractivity contribution in [3.8, 4) is 0 Å². The molecule has 0 aliphatic rings. The molecule has 128 valence electrons. The van der Waals surface area contributed by atoms with E-state index in [1.807, 2.05) is 0 Å². The molecule has 0 aliphatic carbocycles. The molecular weight excluding hydrogens is 342 g/mol. The minimum Gasteiger partial charge on any atom is -0.373 e. The Kier molecular flexibility index (Phi) is 4.83. The average molecular weight is 356 g/mol. The summed E-state index contributed by atoms with van der Waals surface area (Å²) in [7, 11) is -3.81. The van der Waals surface area contributed by atoms with Crippen LogP contribution in [0.1, 0.15) is 18.5 Å². The molecule has 0 saturated heterocycles. The largest absolute Gasteiger partial charge is 0.373 e. The number of nitrogens with zero attached hydrogens (tertiary/aromatic N) is 1. The van der Waals surface area contributed by atoms with Gasteiger partial charge in [-0.25, -0.2) is 17.2 Å². The van der Waals surface area contributed by atoms with Crippen LogP contribution in [-0.4, -0.2) is 19.6 Å². The maximum atomic E-state index is 13.3. The molecule has 0 aliphatic heterocycles. The highest BCUT2D eigenvalue weighted by atomic mass is 32.2. The molecule has 0 radical (unpaired) electrons. The average Bonchev–Trinajstić information content (AvgIpc) is 2.48. The van der Waals surface area contributed by atoms with Crippen molar-refractivity contribution < 1.29 is 22.1 Å². The first-order valence-corrected chi connectivity index (χ1v) is 8.69. The minimum atomic E-state index is -3.81. The summed E-state index contributed by atoms with van der Waals surface area (Å²) >= 11 is 0. The topological polar surface area (TPSA) is 89.3 Å². The van der Waals surface area contributed by atoms with Gasteiger partial charge < -0.3 is 5.32 Å². The van der Waals surface area contributed by atoms with E-state index in [1.165, 1.54) is 18.2 Å². The molecular formula is C15H14F2N2O4S. The van der Waals surface area contributed by atoms with Crippen LogP contribution < -0.4 is 5.32 Å². The lowest BCUT2D eigenvalue weighted by Gasteiger charge is -2.16. The first kappa shape index (κ1) is 17.8. The maximum Gasteiger partial charge on any atom is 0.310 e. The summed E-state index contributed by atoms with van der Waals surface area (Å²) in [5.74, 6) is -2.04. The van der Waals surface area contributed by atoms with Gasteiger partial charge in [0.2, 0.25) is 0 Å². The smallest absolute Gasteiger partial charge is 0.310 e. The lowest BCUT2D eigenvalue weighted by molar-refractivity contribution is -0.386. The van der Waals surface area contributed by atoms with Gasteiger partial charge in [0, 0.05) is 12.3 Å². The highest BCUT2D eigenvalue weighted by molar-refractivity contribution is 7.90. The van der Waals surface area contributed by atoms with Gasteiger partial charge in [-0.15, -0.1) is 0 Å². The number of nitro benzene ring substituents is 1. The Bertz CT molecular complexity index is 900. The number of nitro groups is 1. The second-order valence-electron chi connectivity index (χ2n) is 5.22. The molecule has 6 nitrogen and oxygen atoms in total. The first-order valence-electron chi connectivity index (χ1n) is 6.80. The van der Waals surface area contributed by atoms with Crippen molar-refractivity contribution in [3.05, 3.63) is 63.7 Å². The SMILES string of the molecule is CC(Nc1cccc(S(C)(=O)=O)c1[N+](=O)[O-])c1ccc(F)c(F)c1. The molecule has 0 fully saturated rings. The molecule has 1 unspecified atom stereocenters. The van der Waals surface area contributed by atoms with E-state index >= 15 is 0 Å². The Labute approximate surface area is 137 Å². The monoisotopic (exact) mass is 356 g/mol. The number of para-hydroxylation sites is 1. The molecule has 2 rings (SSSR count). The summed E-state index contributed by atoms with van der Waals surface area (Å²) in [5, 5.41) is 14.1. The molecule has 9 heteroatoms. The molecule has 0 amide bonds. The Morgan fingerprint density at radius 2 is 1.83 bits per heavy atom. The zero-order valence-electron chi connectivity index (χ0n) is 12.8. The Hall–Kier alpha value is -2.55. The number of rotatable bonds is 5. The fourth-order valence-electron chi connectivity index (χ4n) is 2.22. The second-order valence-corrected chi connectivity index (χ2v) is 7.21. The molecule has 1 N–H and O–H groups in total. The van der Waals surface area contributed by atoms with Crippen molar-refractivity contribution in [1.29, 1.82) is 0 Å². The fourth-order valence-corrected chi connectivity index (χ4v) is 3.09. The van der Waals surface area contributed by atoms with Gasteiger partial charge in [0.05, 0.1) is 4.92 Å². The van der Waals surface area contributed by atoms with Gasteiger partial charge in [-0.3, -0.25) is 10.1 Å². The number of nitrogens with one attached hydrogen (secondary N) is 1. The van der Waals surface area contributed by atoms with Crippen LogP contribution in [0.2, 0.25) is 0 Å². The van der Waals surface area contributed by atoms with Crippen molar-refractivity contribution >= 4 is 21.2 Å². The first-order chi connectivity index (χ1) is 11.1. The second kappa shape index (κ2) is 6.52. The number of anilines is 1. The third kappa shape index (κ3) is 3.67. The van der Waals surface area contributed by atoms with E-state index < -0.39 is 43.0 Å². The van der Waals surface area contributed by atoms with Gasteiger partial charge in [-0.2, -0.15) is 0 Å². The Morgan fingerprint density at radius 1 is 1.17 bits per heavy atom. The summed E-state index contributed by atoms with van der Waals surface area (Å²) in [6, 6.07) is 6.49. The lowest BCUT2D eigenvalue weighted by atomic mass is 10.1. The molecule has 24 heavy (non-hydrogen) atoms. The van der Waals surface area contributed by atoms with Gasteiger partial charge in [0.15, 0.2) is 21.5 Å². The van der Waals surface area contributed by atoms with Crippen molar-refractivity contribution in [2.24, 2.45) is 0 Å². The van der Waals surface area contributed by atoms with Crippen LogP contribution in [0.3, 0.4) is 0 Å². The summed E-state index contributed by atoms with van der Waals surface area (Å²) in [6.45, 7) is 1.59. The lowest BCUT2D eigenvalue weighted by Crippen LogP contribution is -2.11. The minimum absolute atomic E-state index is 0.0276. The normalized spacial score (nSPS) is 12.7. The van der Waals surface area contributed by atoms with Crippen LogP contribution in [0.25, 0.3) is 0 Å². The quantitative estimate of drug-likeness (QED) is 0.655. The van der Waals surface area contributed by atoms with Crippen LogP contribution in [-0.2, 0) is 9.84 Å². The van der Waals surface area contributed by atoms with Gasteiger partial charge >= 0.3 is 5.69 Å². The molecule has 0 aromatic heterocycles. The summed E-state index contributed by atoms with van der Waals surface area (Å²) in [6.07, 6.45) is 0.873. The summed E-state index contributed by atoms with van der Waals surface area (Å²) in [4.78, 5) is 10.1. The number of hydrogen-bond acceptors (Lipinski definition) is 5. The molecule has 0 heterocycles. The number of sulfone groups is 1. The zero-order valence-corrected chi connectivity index (χ0v) is 13.6. The third-order valence-corrected chi connectivity index (χ3v) is 4.53.